The predicted molar refractivity (Wildman–Crippen MR) is 161 cm³/mol. The molecular formula is C31H38FN3O7S. The van der Waals surface area contributed by atoms with E-state index < -0.39 is 34.3 Å². The summed E-state index contributed by atoms with van der Waals surface area (Å²) in [7, 11) is -0.0861. The van der Waals surface area contributed by atoms with Crippen molar-refractivity contribution in [2.45, 2.75) is 50.7 Å². The standard InChI is InChI=1S/C31H38FN3O7S/c1-7-21(2)33-31(37)22(3)34(19-23-9-8-10-26(17-23)40-4)30(36)20-35(25-13-11-24(32)12-14-25)43(38,39)27-15-16-28(41-5)29(18-27)42-6/h8-18,21-22H,7,19-20H2,1-6H3,(H,33,37)/t21-,22-/m1/s1. The van der Waals surface area contributed by atoms with Crippen molar-refractivity contribution in [1.82, 2.24) is 10.2 Å². The Balaban J connectivity index is 2.07. The highest BCUT2D eigenvalue weighted by Gasteiger charge is 2.33. The van der Waals surface area contributed by atoms with Crippen LogP contribution in [0.5, 0.6) is 17.2 Å². The molecule has 0 radical (unpaired) electrons. The molecule has 0 fully saturated rings. The number of ether oxygens (including phenoxy) is 3. The number of sulfonamides is 1. The summed E-state index contributed by atoms with van der Waals surface area (Å²) in [6.07, 6.45) is 0.685. The van der Waals surface area contributed by atoms with Crippen molar-refractivity contribution in [2.24, 2.45) is 0 Å². The van der Waals surface area contributed by atoms with Crippen molar-refractivity contribution in [3.05, 3.63) is 78.1 Å². The number of amides is 2. The van der Waals surface area contributed by atoms with Gasteiger partial charge in [0.25, 0.3) is 10.0 Å². The van der Waals surface area contributed by atoms with Crippen LogP contribution in [0.2, 0.25) is 0 Å². The summed E-state index contributed by atoms with van der Waals surface area (Å²) in [6.45, 7) is 4.69. The number of carbonyl (C=O) groups is 2. The molecule has 0 saturated heterocycles. The van der Waals surface area contributed by atoms with E-state index in [1.807, 2.05) is 13.8 Å². The van der Waals surface area contributed by atoms with Crippen molar-refractivity contribution in [1.29, 1.82) is 0 Å². The number of carbonyl (C=O) groups excluding carboxylic acids is 2. The molecule has 0 aliphatic carbocycles. The lowest BCUT2D eigenvalue weighted by Crippen LogP contribution is -2.52. The van der Waals surface area contributed by atoms with Crippen LogP contribution in [0.4, 0.5) is 10.1 Å². The molecule has 0 aromatic heterocycles. The van der Waals surface area contributed by atoms with E-state index >= 15 is 0 Å². The minimum Gasteiger partial charge on any atom is -0.497 e. The molecule has 232 valence electrons. The van der Waals surface area contributed by atoms with E-state index in [9.17, 15) is 22.4 Å². The molecule has 0 aliphatic rings. The quantitative estimate of drug-likeness (QED) is 0.286. The number of hydrogen-bond donors (Lipinski definition) is 1. The lowest BCUT2D eigenvalue weighted by atomic mass is 10.1. The molecule has 0 saturated carbocycles. The Morgan fingerprint density at radius 2 is 1.58 bits per heavy atom. The summed E-state index contributed by atoms with van der Waals surface area (Å²) in [6, 6.07) is 14.7. The van der Waals surface area contributed by atoms with Crippen LogP contribution in [0, 0.1) is 5.82 Å². The molecule has 0 heterocycles. The van der Waals surface area contributed by atoms with Gasteiger partial charge in [-0.15, -0.1) is 0 Å². The fourth-order valence-corrected chi connectivity index (χ4v) is 5.69. The van der Waals surface area contributed by atoms with Gasteiger partial charge in [0, 0.05) is 18.7 Å². The molecule has 0 spiro atoms. The maximum absolute atomic E-state index is 14.0. The number of benzene rings is 3. The van der Waals surface area contributed by atoms with Gasteiger partial charge < -0.3 is 24.4 Å². The van der Waals surface area contributed by atoms with Gasteiger partial charge >= 0.3 is 0 Å². The average molecular weight is 616 g/mol. The Bertz CT molecular complexity index is 1520. The van der Waals surface area contributed by atoms with Gasteiger partial charge in [-0.05, 0) is 74.4 Å². The summed E-state index contributed by atoms with van der Waals surface area (Å²) < 4.78 is 58.6. The number of anilines is 1. The molecule has 3 rings (SSSR count). The molecule has 12 heteroatoms. The van der Waals surface area contributed by atoms with Gasteiger partial charge in [-0.25, -0.2) is 12.8 Å². The molecule has 0 unspecified atom stereocenters. The van der Waals surface area contributed by atoms with Crippen LogP contribution in [0.1, 0.15) is 32.8 Å². The Hall–Kier alpha value is -4.32. The van der Waals surface area contributed by atoms with E-state index in [0.29, 0.717) is 23.5 Å². The lowest BCUT2D eigenvalue weighted by molar-refractivity contribution is -0.139. The fraction of sp³-hybridized carbons (Fsp3) is 0.355. The van der Waals surface area contributed by atoms with E-state index in [-0.39, 0.29) is 34.8 Å². The third-order valence-electron chi connectivity index (χ3n) is 6.99. The zero-order chi connectivity index (χ0) is 31.7. The zero-order valence-corrected chi connectivity index (χ0v) is 26.0. The number of halogens is 1. The molecule has 0 aliphatic heterocycles. The second kappa shape index (κ2) is 14.7. The van der Waals surface area contributed by atoms with Crippen LogP contribution >= 0.6 is 0 Å². The first-order valence-electron chi connectivity index (χ1n) is 13.7. The molecule has 43 heavy (non-hydrogen) atoms. The first-order chi connectivity index (χ1) is 20.4. The smallest absolute Gasteiger partial charge is 0.264 e. The fourth-order valence-electron chi connectivity index (χ4n) is 4.26. The largest absolute Gasteiger partial charge is 0.497 e. The predicted octanol–water partition coefficient (Wildman–Crippen LogP) is 4.38. The van der Waals surface area contributed by atoms with Crippen LogP contribution in [-0.4, -0.2) is 65.1 Å². The number of rotatable bonds is 14. The normalized spacial score (nSPS) is 12.5. The third-order valence-corrected chi connectivity index (χ3v) is 8.76. The molecule has 1 N–H and O–H groups in total. The van der Waals surface area contributed by atoms with Crippen molar-refractivity contribution < 1.29 is 36.6 Å². The number of nitrogens with zero attached hydrogens (tertiary/aromatic N) is 2. The van der Waals surface area contributed by atoms with Crippen LogP contribution in [-0.2, 0) is 26.2 Å². The number of methoxy groups -OCH3 is 3. The summed E-state index contributed by atoms with van der Waals surface area (Å²) in [5, 5.41) is 2.89. The first-order valence-corrected chi connectivity index (χ1v) is 15.1. The Labute approximate surface area is 252 Å². The topological polar surface area (TPSA) is 114 Å². The number of nitrogens with one attached hydrogen (secondary N) is 1. The van der Waals surface area contributed by atoms with Crippen molar-refractivity contribution >= 4 is 27.5 Å². The van der Waals surface area contributed by atoms with Gasteiger partial charge in [0.2, 0.25) is 11.8 Å². The van der Waals surface area contributed by atoms with Crippen LogP contribution in [0.3, 0.4) is 0 Å². The van der Waals surface area contributed by atoms with Crippen molar-refractivity contribution in [3.8, 4) is 17.2 Å². The van der Waals surface area contributed by atoms with Gasteiger partial charge in [0.15, 0.2) is 11.5 Å². The molecule has 3 aromatic rings. The van der Waals surface area contributed by atoms with Crippen molar-refractivity contribution in [3.63, 3.8) is 0 Å². The van der Waals surface area contributed by atoms with E-state index in [1.165, 1.54) is 56.6 Å². The summed E-state index contributed by atoms with van der Waals surface area (Å²) in [4.78, 5) is 28.4. The first kappa shape index (κ1) is 33.2. The van der Waals surface area contributed by atoms with Crippen molar-refractivity contribution in [2.75, 3.05) is 32.2 Å². The molecule has 3 aromatic carbocycles. The average Bonchev–Trinajstić information content (AvgIpc) is 3.01. The highest BCUT2D eigenvalue weighted by molar-refractivity contribution is 7.92. The zero-order valence-electron chi connectivity index (χ0n) is 25.2. The SMILES string of the molecule is CC[C@@H](C)NC(=O)[C@@H](C)N(Cc1cccc(OC)c1)C(=O)CN(c1ccc(F)cc1)S(=O)(=O)c1ccc(OC)c(OC)c1. The van der Waals surface area contributed by atoms with Gasteiger partial charge in [0.05, 0.1) is 31.9 Å². The molecular weight excluding hydrogens is 577 g/mol. The van der Waals surface area contributed by atoms with Gasteiger partial charge in [-0.1, -0.05) is 19.1 Å². The Kier molecular flexibility index (Phi) is 11.4. The molecule has 2 atom stereocenters. The lowest BCUT2D eigenvalue weighted by Gasteiger charge is -2.32. The Morgan fingerprint density at radius 3 is 2.19 bits per heavy atom. The van der Waals surface area contributed by atoms with Gasteiger partial charge in [0.1, 0.15) is 24.2 Å². The minimum absolute atomic E-state index is 0.00120. The Morgan fingerprint density at radius 1 is 0.907 bits per heavy atom. The van der Waals surface area contributed by atoms with E-state index in [4.69, 9.17) is 14.2 Å². The summed E-state index contributed by atoms with van der Waals surface area (Å²) in [5.41, 5.74) is 0.731. The van der Waals surface area contributed by atoms with Crippen LogP contribution in [0.25, 0.3) is 0 Å². The third kappa shape index (κ3) is 8.16. The monoisotopic (exact) mass is 615 g/mol. The second-order valence-corrected chi connectivity index (χ2v) is 11.7. The minimum atomic E-state index is -4.40. The molecule has 10 nitrogen and oxygen atoms in total. The van der Waals surface area contributed by atoms with Gasteiger partial charge in [-0.2, -0.15) is 0 Å². The van der Waals surface area contributed by atoms with E-state index in [0.717, 1.165) is 16.4 Å². The highest BCUT2D eigenvalue weighted by atomic mass is 32.2. The van der Waals surface area contributed by atoms with Gasteiger partial charge in [-0.3, -0.25) is 13.9 Å². The summed E-state index contributed by atoms with van der Waals surface area (Å²) >= 11 is 0. The highest BCUT2D eigenvalue weighted by Crippen LogP contribution is 2.32. The molecule has 2 amide bonds. The second-order valence-electron chi connectivity index (χ2n) is 9.87. The van der Waals surface area contributed by atoms with Crippen LogP contribution < -0.4 is 23.8 Å². The summed E-state index contributed by atoms with van der Waals surface area (Å²) in [5.74, 6) is -0.566. The van der Waals surface area contributed by atoms with E-state index in [1.54, 1.807) is 31.2 Å². The van der Waals surface area contributed by atoms with E-state index in [2.05, 4.69) is 5.32 Å². The molecule has 0 bridgehead atoms. The number of hydrogen-bond acceptors (Lipinski definition) is 7. The maximum Gasteiger partial charge on any atom is 0.264 e. The van der Waals surface area contributed by atoms with Crippen LogP contribution in [0.15, 0.2) is 71.6 Å². The maximum atomic E-state index is 14.0.